The summed E-state index contributed by atoms with van der Waals surface area (Å²) in [5.74, 6) is -0.495. The molecule has 1 aliphatic carbocycles. The molecule has 1 heterocycles. The average molecular weight is 346 g/mol. The lowest BCUT2D eigenvalue weighted by Gasteiger charge is -2.31. The van der Waals surface area contributed by atoms with Gasteiger partial charge in [-0.2, -0.15) is 0 Å². The van der Waals surface area contributed by atoms with E-state index in [1.165, 1.54) is 25.3 Å². The highest BCUT2D eigenvalue weighted by atomic mass is 16.6. The second kappa shape index (κ2) is 7.65. The Morgan fingerprint density at radius 2 is 2.24 bits per heavy atom. The van der Waals surface area contributed by atoms with E-state index in [9.17, 15) is 14.9 Å². The summed E-state index contributed by atoms with van der Waals surface area (Å²) >= 11 is 0. The molecular weight excluding hydrogens is 324 g/mol. The molecule has 0 amide bonds. The highest BCUT2D eigenvalue weighted by Gasteiger charge is 2.37. The van der Waals surface area contributed by atoms with Crippen LogP contribution in [-0.4, -0.2) is 43.3 Å². The van der Waals surface area contributed by atoms with Crippen LogP contribution in [0, 0.1) is 10.1 Å². The minimum atomic E-state index is -0.495. The van der Waals surface area contributed by atoms with Gasteiger partial charge >= 0.3 is 5.97 Å². The van der Waals surface area contributed by atoms with E-state index in [1.54, 1.807) is 12.1 Å². The first kappa shape index (κ1) is 17.4. The van der Waals surface area contributed by atoms with Gasteiger partial charge in [0.1, 0.15) is 5.69 Å². The molecule has 2 fully saturated rings. The van der Waals surface area contributed by atoms with Crippen molar-refractivity contribution >= 4 is 23.4 Å². The van der Waals surface area contributed by atoms with E-state index < -0.39 is 5.97 Å². The highest BCUT2D eigenvalue weighted by molar-refractivity contribution is 5.87. The molecule has 7 nitrogen and oxygen atoms in total. The molecule has 1 aromatic carbocycles. The van der Waals surface area contributed by atoms with Gasteiger partial charge in [-0.15, -0.1) is 0 Å². The fourth-order valence-corrected chi connectivity index (χ4v) is 3.66. The van der Waals surface area contributed by atoms with E-state index in [0.717, 1.165) is 32.2 Å². The third-order valence-corrected chi connectivity index (χ3v) is 4.81. The van der Waals surface area contributed by atoms with Gasteiger partial charge in [0.15, 0.2) is 0 Å². The van der Waals surface area contributed by atoms with Gasteiger partial charge in [0.05, 0.1) is 24.2 Å². The molecule has 0 unspecified atom stereocenters. The zero-order valence-corrected chi connectivity index (χ0v) is 14.2. The fraction of sp³-hybridized carbons (Fsp3) is 0.500. The Bertz CT molecular complexity index is 688. The Balaban J connectivity index is 1.93. The Kier molecular flexibility index (Phi) is 5.33. The fourth-order valence-electron chi connectivity index (χ4n) is 3.66. The lowest BCUT2D eigenvalue weighted by Crippen LogP contribution is -2.40. The number of fused-ring (bicyclic) bond motifs is 1. The summed E-state index contributed by atoms with van der Waals surface area (Å²) in [6.07, 6.45) is 6.87. The maximum absolute atomic E-state index is 11.6. The third kappa shape index (κ3) is 3.82. The van der Waals surface area contributed by atoms with Gasteiger partial charge < -0.3 is 14.4 Å². The molecule has 1 aromatic rings. The quantitative estimate of drug-likeness (QED) is 0.361. The monoisotopic (exact) mass is 346 g/mol. The molecule has 1 aliphatic heterocycles. The number of nitro groups is 1. The molecule has 0 spiro atoms. The van der Waals surface area contributed by atoms with Crippen LogP contribution in [0.1, 0.15) is 31.2 Å². The van der Waals surface area contributed by atoms with Gasteiger partial charge in [-0.3, -0.25) is 10.1 Å². The Labute approximate surface area is 146 Å². The number of esters is 1. The van der Waals surface area contributed by atoms with Crippen LogP contribution in [0.15, 0.2) is 24.3 Å². The second-order valence-corrected chi connectivity index (χ2v) is 6.32. The summed E-state index contributed by atoms with van der Waals surface area (Å²) in [7, 11) is 1.29. The number of carbonyl (C=O) groups excluding carboxylic acids is 1. The van der Waals surface area contributed by atoms with Crippen molar-refractivity contribution in [1.82, 2.24) is 0 Å². The van der Waals surface area contributed by atoms with Crippen molar-refractivity contribution < 1.29 is 19.2 Å². The Morgan fingerprint density at radius 1 is 1.40 bits per heavy atom. The van der Waals surface area contributed by atoms with Gasteiger partial charge in [-0.1, -0.05) is 6.07 Å². The van der Waals surface area contributed by atoms with Crippen LogP contribution in [0.25, 0.3) is 6.08 Å². The molecule has 2 atom stereocenters. The van der Waals surface area contributed by atoms with E-state index in [2.05, 4.69) is 9.64 Å². The van der Waals surface area contributed by atoms with Crippen LogP contribution in [0.5, 0.6) is 0 Å². The topological polar surface area (TPSA) is 81.9 Å². The van der Waals surface area contributed by atoms with Crippen molar-refractivity contribution in [2.75, 3.05) is 25.2 Å². The van der Waals surface area contributed by atoms with Crippen molar-refractivity contribution in [2.45, 2.75) is 37.8 Å². The molecule has 0 radical (unpaired) electrons. The molecule has 3 rings (SSSR count). The molecule has 0 aromatic heterocycles. The molecule has 25 heavy (non-hydrogen) atoms. The van der Waals surface area contributed by atoms with Gasteiger partial charge in [0, 0.05) is 25.3 Å². The number of anilines is 1. The van der Waals surface area contributed by atoms with Crippen LogP contribution in [-0.2, 0) is 14.3 Å². The highest BCUT2D eigenvalue weighted by Crippen LogP contribution is 2.37. The number of carbonyl (C=O) groups is 1. The second-order valence-electron chi connectivity index (χ2n) is 6.32. The van der Waals surface area contributed by atoms with E-state index in [1.807, 2.05) is 0 Å². The zero-order chi connectivity index (χ0) is 17.8. The van der Waals surface area contributed by atoms with E-state index in [0.29, 0.717) is 17.9 Å². The van der Waals surface area contributed by atoms with Crippen LogP contribution >= 0.6 is 0 Å². The third-order valence-electron chi connectivity index (χ3n) is 4.81. The standard InChI is InChI=1S/C18H22N2O5/c1-24-18(21)9-7-13-6-8-14(16(12-13)20(22)23)19-10-3-11-25-17-5-2-4-15(17)19/h6-9,12,15,17H,2-5,10-11H2,1H3/b9-7-/t15-,17+/m0/s1. The molecule has 1 saturated heterocycles. The summed E-state index contributed by atoms with van der Waals surface area (Å²) in [4.78, 5) is 24.6. The number of rotatable bonds is 4. The van der Waals surface area contributed by atoms with E-state index in [4.69, 9.17) is 4.74 Å². The molecule has 7 heteroatoms. The maximum Gasteiger partial charge on any atom is 0.330 e. The summed E-state index contributed by atoms with van der Waals surface area (Å²) < 4.78 is 10.5. The Hall–Kier alpha value is -2.41. The summed E-state index contributed by atoms with van der Waals surface area (Å²) in [5.41, 5.74) is 1.28. The molecule has 0 bridgehead atoms. The number of hydrogen-bond donors (Lipinski definition) is 0. The van der Waals surface area contributed by atoms with Gasteiger partial charge in [0.2, 0.25) is 0 Å². The average Bonchev–Trinajstić information content (AvgIpc) is 2.99. The number of benzene rings is 1. The molecular formula is C18H22N2O5. The van der Waals surface area contributed by atoms with Gasteiger partial charge in [-0.05, 0) is 43.4 Å². The number of hydrogen-bond acceptors (Lipinski definition) is 6. The van der Waals surface area contributed by atoms with Crippen LogP contribution in [0.3, 0.4) is 0 Å². The first-order valence-corrected chi connectivity index (χ1v) is 8.53. The van der Waals surface area contributed by atoms with Crippen molar-refractivity contribution in [3.63, 3.8) is 0 Å². The number of ether oxygens (including phenoxy) is 2. The predicted molar refractivity (Wildman–Crippen MR) is 93.5 cm³/mol. The lowest BCUT2D eigenvalue weighted by atomic mass is 10.1. The van der Waals surface area contributed by atoms with Crippen molar-refractivity contribution in [1.29, 1.82) is 0 Å². The SMILES string of the molecule is COC(=O)/C=C\c1ccc(N2CCCO[C@@H]3CCC[C@@H]32)c([N+](=O)[O-])c1. The normalized spacial score (nSPS) is 23.3. The lowest BCUT2D eigenvalue weighted by molar-refractivity contribution is -0.384. The summed E-state index contributed by atoms with van der Waals surface area (Å²) in [6.45, 7) is 1.45. The Morgan fingerprint density at radius 3 is 3.00 bits per heavy atom. The number of methoxy groups -OCH3 is 1. The summed E-state index contributed by atoms with van der Waals surface area (Å²) in [6, 6.07) is 5.26. The first-order valence-electron chi connectivity index (χ1n) is 8.53. The van der Waals surface area contributed by atoms with Gasteiger partial charge in [0.25, 0.3) is 5.69 Å². The first-order chi connectivity index (χ1) is 12.1. The molecule has 0 N–H and O–H groups in total. The van der Waals surface area contributed by atoms with Crippen LogP contribution in [0.4, 0.5) is 11.4 Å². The molecule has 134 valence electrons. The van der Waals surface area contributed by atoms with Crippen LogP contribution < -0.4 is 4.90 Å². The molecule has 1 saturated carbocycles. The van der Waals surface area contributed by atoms with Gasteiger partial charge in [-0.25, -0.2) is 4.79 Å². The maximum atomic E-state index is 11.6. The van der Waals surface area contributed by atoms with Crippen molar-refractivity contribution in [2.24, 2.45) is 0 Å². The van der Waals surface area contributed by atoms with Crippen molar-refractivity contribution in [3.8, 4) is 0 Å². The molecule has 2 aliphatic rings. The largest absolute Gasteiger partial charge is 0.466 e. The number of nitro benzene ring substituents is 1. The number of nitrogens with zero attached hydrogens (tertiary/aromatic N) is 2. The minimum absolute atomic E-state index is 0.0552. The zero-order valence-electron chi connectivity index (χ0n) is 14.2. The minimum Gasteiger partial charge on any atom is -0.466 e. The predicted octanol–water partition coefficient (Wildman–Crippen LogP) is 2.93. The van der Waals surface area contributed by atoms with E-state index in [-0.39, 0.29) is 22.8 Å². The van der Waals surface area contributed by atoms with Crippen molar-refractivity contribution in [3.05, 3.63) is 40.0 Å². The smallest absolute Gasteiger partial charge is 0.330 e. The summed E-state index contributed by atoms with van der Waals surface area (Å²) in [5, 5.41) is 11.6. The van der Waals surface area contributed by atoms with Crippen LogP contribution in [0.2, 0.25) is 0 Å². The van der Waals surface area contributed by atoms with E-state index >= 15 is 0 Å².